The molecule has 2 N–H and O–H groups in total. The van der Waals surface area contributed by atoms with Crippen LogP contribution in [0.15, 0.2) is 77.4 Å². The Morgan fingerprint density at radius 2 is 1.70 bits per heavy atom. The van der Waals surface area contributed by atoms with Crippen LogP contribution in [-0.4, -0.2) is 17.1 Å². The van der Waals surface area contributed by atoms with Gasteiger partial charge in [-0.25, -0.2) is 0 Å². The zero-order valence-electron chi connectivity index (χ0n) is 14.8. The molecule has 0 radical (unpaired) electrons. The van der Waals surface area contributed by atoms with Gasteiger partial charge in [0.25, 0.3) is 5.91 Å². The van der Waals surface area contributed by atoms with E-state index in [-0.39, 0.29) is 22.8 Å². The number of carbonyl (C=O) groups excluding carboxylic acids is 2. The molecule has 1 heterocycles. The fraction of sp³-hybridized carbons (Fsp3) is 0.143. The maximum Gasteiger partial charge on any atom is 0.291 e. The average molecular weight is 380 g/mol. The first-order valence-electron chi connectivity index (χ1n) is 8.53. The molecule has 5 nitrogen and oxygen atoms in total. The molecule has 0 aliphatic rings. The third-order valence-electron chi connectivity index (χ3n) is 3.84. The Kier molecular flexibility index (Phi) is 6.33. The summed E-state index contributed by atoms with van der Waals surface area (Å²) in [6.07, 6.45) is 1.44. The van der Waals surface area contributed by atoms with E-state index in [9.17, 15) is 9.59 Å². The number of furan rings is 1. The number of benzene rings is 2. The first-order valence-corrected chi connectivity index (χ1v) is 9.58. The quantitative estimate of drug-likeness (QED) is 0.618. The Labute approximate surface area is 162 Å². The first kappa shape index (κ1) is 18.8. The Hall–Kier alpha value is -2.99. The summed E-state index contributed by atoms with van der Waals surface area (Å²) in [5, 5.41) is 5.43. The van der Waals surface area contributed by atoms with E-state index < -0.39 is 0 Å². The summed E-state index contributed by atoms with van der Waals surface area (Å²) in [7, 11) is 0. The fourth-order valence-corrected chi connectivity index (χ4v) is 3.24. The summed E-state index contributed by atoms with van der Waals surface area (Å²) < 4.78 is 5.07. The molecule has 138 valence electrons. The van der Waals surface area contributed by atoms with E-state index in [1.807, 2.05) is 37.3 Å². The summed E-state index contributed by atoms with van der Waals surface area (Å²) in [6.45, 7) is 1.88. The van der Waals surface area contributed by atoms with Gasteiger partial charge in [0, 0.05) is 17.1 Å². The van der Waals surface area contributed by atoms with Crippen molar-refractivity contribution in [3.63, 3.8) is 0 Å². The Balaban J connectivity index is 1.55. The van der Waals surface area contributed by atoms with Crippen molar-refractivity contribution in [1.82, 2.24) is 0 Å². The standard InChI is InChI=1S/C21H20N2O3S/c1-15(27-14-16-7-3-2-4-8-16)20(24)22-17-9-5-10-18(13-17)23-21(25)19-11-6-12-26-19/h2-13,15H,14H2,1H3,(H,22,24)(H,23,25). The molecule has 3 aromatic rings. The lowest BCUT2D eigenvalue weighted by Crippen LogP contribution is -2.22. The molecule has 6 heteroatoms. The van der Waals surface area contributed by atoms with E-state index in [1.54, 1.807) is 48.2 Å². The number of carbonyl (C=O) groups is 2. The second kappa shape index (κ2) is 9.09. The molecule has 1 unspecified atom stereocenters. The molecule has 0 aliphatic carbocycles. The lowest BCUT2D eigenvalue weighted by atomic mass is 10.2. The molecule has 3 rings (SSSR count). The normalized spacial score (nSPS) is 11.6. The highest BCUT2D eigenvalue weighted by Gasteiger charge is 2.14. The van der Waals surface area contributed by atoms with Crippen LogP contribution in [0.2, 0.25) is 0 Å². The van der Waals surface area contributed by atoms with Gasteiger partial charge in [-0.1, -0.05) is 36.4 Å². The summed E-state index contributed by atoms with van der Waals surface area (Å²) in [4.78, 5) is 24.5. The van der Waals surface area contributed by atoms with Gasteiger partial charge in [0.2, 0.25) is 5.91 Å². The SMILES string of the molecule is CC(SCc1ccccc1)C(=O)Nc1cccc(NC(=O)c2ccco2)c1. The summed E-state index contributed by atoms with van der Waals surface area (Å²) in [5.74, 6) is 0.588. The van der Waals surface area contributed by atoms with E-state index in [2.05, 4.69) is 10.6 Å². The van der Waals surface area contributed by atoms with Crippen LogP contribution in [0, 0.1) is 0 Å². The Morgan fingerprint density at radius 3 is 2.41 bits per heavy atom. The molecule has 0 fully saturated rings. The van der Waals surface area contributed by atoms with Crippen molar-refractivity contribution < 1.29 is 14.0 Å². The highest BCUT2D eigenvalue weighted by molar-refractivity contribution is 7.99. The van der Waals surface area contributed by atoms with Crippen molar-refractivity contribution in [1.29, 1.82) is 0 Å². The van der Waals surface area contributed by atoms with E-state index in [4.69, 9.17) is 4.42 Å². The van der Waals surface area contributed by atoms with Gasteiger partial charge in [0.1, 0.15) is 0 Å². The molecule has 27 heavy (non-hydrogen) atoms. The molecule has 2 amide bonds. The number of thioether (sulfide) groups is 1. The molecule has 0 aliphatic heterocycles. The monoisotopic (exact) mass is 380 g/mol. The number of hydrogen-bond acceptors (Lipinski definition) is 4. The third-order valence-corrected chi connectivity index (χ3v) is 5.06. The smallest absolute Gasteiger partial charge is 0.291 e. The predicted octanol–water partition coefficient (Wildman–Crippen LogP) is 4.79. The molecule has 0 spiro atoms. The van der Waals surface area contributed by atoms with E-state index >= 15 is 0 Å². The van der Waals surface area contributed by atoms with Crippen LogP contribution in [0.3, 0.4) is 0 Å². The number of nitrogens with one attached hydrogen (secondary N) is 2. The molecule has 2 aromatic carbocycles. The number of amides is 2. The van der Waals surface area contributed by atoms with Crippen molar-refractivity contribution >= 4 is 35.0 Å². The van der Waals surface area contributed by atoms with Gasteiger partial charge >= 0.3 is 0 Å². The fourth-order valence-electron chi connectivity index (χ4n) is 2.39. The van der Waals surface area contributed by atoms with E-state index in [0.717, 1.165) is 5.75 Å². The van der Waals surface area contributed by atoms with Crippen molar-refractivity contribution in [3.05, 3.63) is 84.3 Å². The van der Waals surface area contributed by atoms with Gasteiger partial charge in [-0.05, 0) is 42.8 Å². The number of anilines is 2. The van der Waals surface area contributed by atoms with Crippen LogP contribution in [0.25, 0.3) is 0 Å². The van der Waals surface area contributed by atoms with Crippen LogP contribution in [0.4, 0.5) is 11.4 Å². The third kappa shape index (κ3) is 5.49. The molecule has 1 atom stereocenters. The van der Waals surface area contributed by atoms with Crippen LogP contribution >= 0.6 is 11.8 Å². The predicted molar refractivity (Wildman–Crippen MR) is 109 cm³/mol. The highest BCUT2D eigenvalue weighted by atomic mass is 32.2. The van der Waals surface area contributed by atoms with Crippen LogP contribution < -0.4 is 10.6 Å². The van der Waals surface area contributed by atoms with Gasteiger partial charge in [-0.3, -0.25) is 9.59 Å². The van der Waals surface area contributed by atoms with Gasteiger partial charge in [-0.2, -0.15) is 0 Å². The second-order valence-corrected chi connectivity index (χ2v) is 7.27. The topological polar surface area (TPSA) is 71.3 Å². The van der Waals surface area contributed by atoms with E-state index in [0.29, 0.717) is 11.4 Å². The lowest BCUT2D eigenvalue weighted by Gasteiger charge is -2.13. The van der Waals surface area contributed by atoms with Crippen molar-refractivity contribution in [3.8, 4) is 0 Å². The van der Waals surface area contributed by atoms with Crippen molar-refractivity contribution in [2.75, 3.05) is 10.6 Å². The number of rotatable bonds is 7. The maximum absolute atomic E-state index is 12.4. The Bertz CT molecular complexity index is 895. The molecule has 0 bridgehead atoms. The summed E-state index contributed by atoms with van der Waals surface area (Å²) >= 11 is 1.58. The average Bonchev–Trinajstić information content (AvgIpc) is 3.22. The zero-order chi connectivity index (χ0) is 19.1. The van der Waals surface area contributed by atoms with Crippen LogP contribution in [0.5, 0.6) is 0 Å². The maximum atomic E-state index is 12.4. The van der Waals surface area contributed by atoms with Crippen molar-refractivity contribution in [2.24, 2.45) is 0 Å². The zero-order valence-corrected chi connectivity index (χ0v) is 15.7. The molecule has 1 aromatic heterocycles. The second-order valence-electron chi connectivity index (χ2n) is 5.94. The van der Waals surface area contributed by atoms with Crippen LogP contribution in [0.1, 0.15) is 23.0 Å². The van der Waals surface area contributed by atoms with Gasteiger partial charge in [0.15, 0.2) is 5.76 Å². The molecule has 0 saturated carbocycles. The van der Waals surface area contributed by atoms with Crippen molar-refractivity contribution in [2.45, 2.75) is 17.9 Å². The molecular weight excluding hydrogens is 360 g/mol. The van der Waals surface area contributed by atoms with Gasteiger partial charge in [0.05, 0.1) is 11.5 Å². The minimum atomic E-state index is -0.338. The lowest BCUT2D eigenvalue weighted by molar-refractivity contribution is -0.115. The highest BCUT2D eigenvalue weighted by Crippen LogP contribution is 2.21. The summed E-state index contributed by atoms with van der Waals surface area (Å²) in [6, 6.07) is 20.3. The largest absolute Gasteiger partial charge is 0.459 e. The minimum absolute atomic E-state index is 0.0783. The van der Waals surface area contributed by atoms with Gasteiger partial charge < -0.3 is 15.1 Å². The Morgan fingerprint density at radius 1 is 0.963 bits per heavy atom. The molecule has 0 saturated heterocycles. The number of hydrogen-bond donors (Lipinski definition) is 2. The van der Waals surface area contributed by atoms with Gasteiger partial charge in [-0.15, -0.1) is 11.8 Å². The first-order chi connectivity index (χ1) is 13.1. The van der Waals surface area contributed by atoms with E-state index in [1.165, 1.54) is 11.8 Å². The molecular formula is C21H20N2O3S. The minimum Gasteiger partial charge on any atom is -0.459 e. The summed E-state index contributed by atoms with van der Waals surface area (Å²) in [5.41, 5.74) is 2.40. The van der Waals surface area contributed by atoms with Crippen LogP contribution in [-0.2, 0) is 10.5 Å².